The number of hydrogen-bond donors (Lipinski definition) is 1. The van der Waals surface area contributed by atoms with Crippen LogP contribution < -0.4 is 5.32 Å². The Balaban J connectivity index is 1.60. The molecule has 0 bridgehead atoms. The summed E-state index contributed by atoms with van der Waals surface area (Å²) in [4.78, 5) is 0. The van der Waals surface area contributed by atoms with Gasteiger partial charge in [0.05, 0.1) is 0 Å². The van der Waals surface area contributed by atoms with Crippen molar-refractivity contribution in [3.63, 3.8) is 0 Å². The van der Waals surface area contributed by atoms with Crippen molar-refractivity contribution in [2.45, 2.75) is 30.7 Å². The van der Waals surface area contributed by atoms with Crippen LogP contribution >= 0.6 is 11.8 Å². The van der Waals surface area contributed by atoms with Gasteiger partial charge in [0.25, 0.3) is 0 Å². The van der Waals surface area contributed by atoms with Crippen molar-refractivity contribution >= 4 is 11.8 Å². The van der Waals surface area contributed by atoms with Gasteiger partial charge in [0.15, 0.2) is 0 Å². The monoisotopic (exact) mass is 295 g/mol. The maximum absolute atomic E-state index is 3.97. The molecule has 4 rings (SSSR count). The van der Waals surface area contributed by atoms with Crippen LogP contribution in [0.25, 0.3) is 0 Å². The Morgan fingerprint density at radius 1 is 0.952 bits per heavy atom. The molecule has 0 amide bonds. The summed E-state index contributed by atoms with van der Waals surface area (Å²) in [5, 5.41) is 3.97. The van der Waals surface area contributed by atoms with Gasteiger partial charge in [-0.3, -0.25) is 0 Å². The predicted octanol–water partition coefficient (Wildman–Crippen LogP) is 4.72. The minimum atomic E-state index is 0.491. The van der Waals surface area contributed by atoms with Gasteiger partial charge in [0.1, 0.15) is 0 Å². The molecule has 0 aromatic heterocycles. The molecule has 21 heavy (non-hydrogen) atoms. The molecule has 1 nitrogen and oxygen atoms in total. The van der Waals surface area contributed by atoms with Crippen molar-refractivity contribution in [3.8, 4) is 0 Å². The molecule has 2 aromatic rings. The first kappa shape index (κ1) is 13.4. The van der Waals surface area contributed by atoms with Crippen LogP contribution in [0.2, 0.25) is 0 Å². The second-order valence-corrected chi connectivity index (χ2v) is 7.19. The summed E-state index contributed by atoms with van der Waals surface area (Å²) in [6.45, 7) is 0. The lowest BCUT2D eigenvalue weighted by atomic mass is 9.97. The fourth-order valence-corrected chi connectivity index (χ4v) is 4.44. The molecule has 1 fully saturated rings. The molecule has 0 saturated heterocycles. The zero-order chi connectivity index (χ0) is 14.1. The standard InChI is InChI=1S/C19H21NS/c1-2-6-14(7-3-1)19(15-10-11-15)20-18-13-21-12-16-8-4-5-9-17(16)18/h1-9,15,18-20H,10-13H2. The van der Waals surface area contributed by atoms with Crippen molar-refractivity contribution in [3.05, 3.63) is 71.3 Å². The van der Waals surface area contributed by atoms with Gasteiger partial charge in [-0.2, -0.15) is 11.8 Å². The van der Waals surface area contributed by atoms with E-state index in [4.69, 9.17) is 0 Å². The minimum absolute atomic E-state index is 0.491. The second-order valence-electron chi connectivity index (χ2n) is 6.16. The lowest BCUT2D eigenvalue weighted by Gasteiger charge is -2.30. The third kappa shape index (κ3) is 2.88. The highest BCUT2D eigenvalue weighted by atomic mass is 32.2. The molecule has 2 aromatic carbocycles. The zero-order valence-electron chi connectivity index (χ0n) is 12.2. The number of thioether (sulfide) groups is 1. The van der Waals surface area contributed by atoms with Gasteiger partial charge < -0.3 is 5.32 Å². The maximum Gasteiger partial charge on any atom is 0.0419 e. The Bertz CT molecular complexity index is 606. The smallest absolute Gasteiger partial charge is 0.0419 e. The van der Waals surface area contributed by atoms with Crippen molar-refractivity contribution < 1.29 is 0 Å². The third-order valence-electron chi connectivity index (χ3n) is 4.61. The molecule has 2 heteroatoms. The van der Waals surface area contributed by atoms with Crippen LogP contribution in [0.5, 0.6) is 0 Å². The summed E-state index contributed by atoms with van der Waals surface area (Å²) in [7, 11) is 0. The number of hydrogen-bond acceptors (Lipinski definition) is 2. The van der Waals surface area contributed by atoms with Crippen LogP contribution in [0.1, 0.15) is 41.6 Å². The number of rotatable bonds is 4. The molecule has 2 atom stereocenters. The summed E-state index contributed by atoms with van der Waals surface area (Å²) >= 11 is 2.05. The minimum Gasteiger partial charge on any atom is -0.302 e. The summed E-state index contributed by atoms with van der Waals surface area (Å²) in [5.74, 6) is 3.17. The molecular formula is C19H21NS. The molecule has 108 valence electrons. The van der Waals surface area contributed by atoms with Crippen LogP contribution in [0.4, 0.5) is 0 Å². The number of fused-ring (bicyclic) bond motifs is 1. The van der Waals surface area contributed by atoms with Crippen molar-refractivity contribution in [1.82, 2.24) is 5.32 Å². The topological polar surface area (TPSA) is 12.0 Å². The third-order valence-corrected chi connectivity index (χ3v) is 5.69. The Labute approximate surface area is 131 Å². The first-order valence-corrected chi connectivity index (χ1v) is 9.04. The molecule has 0 radical (unpaired) electrons. The van der Waals surface area contributed by atoms with Crippen LogP contribution in [0, 0.1) is 5.92 Å². The first-order valence-electron chi connectivity index (χ1n) is 7.88. The Hall–Kier alpha value is -1.25. The van der Waals surface area contributed by atoms with Gasteiger partial charge >= 0.3 is 0 Å². The van der Waals surface area contributed by atoms with E-state index in [0.29, 0.717) is 12.1 Å². The van der Waals surface area contributed by atoms with Crippen LogP contribution in [0.15, 0.2) is 54.6 Å². The average molecular weight is 295 g/mol. The maximum atomic E-state index is 3.97. The van der Waals surface area contributed by atoms with E-state index >= 15 is 0 Å². The van der Waals surface area contributed by atoms with E-state index in [-0.39, 0.29) is 0 Å². The molecule has 1 saturated carbocycles. The fraction of sp³-hybridized carbons (Fsp3) is 0.368. The molecule has 1 aliphatic carbocycles. The van der Waals surface area contributed by atoms with Crippen molar-refractivity contribution in [2.24, 2.45) is 5.92 Å². The lowest BCUT2D eigenvalue weighted by Crippen LogP contribution is -2.31. The normalized spacial score (nSPS) is 22.6. The van der Waals surface area contributed by atoms with E-state index in [1.54, 1.807) is 0 Å². The van der Waals surface area contributed by atoms with Gasteiger partial charge in [-0.1, -0.05) is 54.6 Å². The van der Waals surface area contributed by atoms with E-state index in [1.165, 1.54) is 35.3 Å². The molecular weight excluding hydrogens is 274 g/mol. The van der Waals surface area contributed by atoms with Gasteiger partial charge in [-0.05, 0) is 35.4 Å². The van der Waals surface area contributed by atoms with Gasteiger partial charge in [0, 0.05) is 23.6 Å². The van der Waals surface area contributed by atoms with E-state index in [0.717, 1.165) is 11.7 Å². The van der Waals surface area contributed by atoms with Crippen LogP contribution in [-0.4, -0.2) is 5.75 Å². The van der Waals surface area contributed by atoms with E-state index in [9.17, 15) is 0 Å². The first-order chi connectivity index (χ1) is 10.4. The molecule has 2 aliphatic rings. The summed E-state index contributed by atoms with van der Waals surface area (Å²) in [6.07, 6.45) is 2.74. The van der Waals surface area contributed by atoms with Gasteiger partial charge in [-0.25, -0.2) is 0 Å². The summed E-state index contributed by atoms with van der Waals surface area (Å²) in [6, 6.07) is 20.9. The predicted molar refractivity (Wildman–Crippen MR) is 90.4 cm³/mol. The highest BCUT2D eigenvalue weighted by molar-refractivity contribution is 7.98. The van der Waals surface area contributed by atoms with Crippen LogP contribution in [-0.2, 0) is 5.75 Å². The SMILES string of the molecule is c1ccc(C(NC2CSCc3ccccc32)C2CC2)cc1. The summed E-state index contributed by atoms with van der Waals surface area (Å²) < 4.78 is 0. The largest absolute Gasteiger partial charge is 0.302 e. The molecule has 1 aliphatic heterocycles. The quantitative estimate of drug-likeness (QED) is 0.876. The Morgan fingerprint density at radius 3 is 2.52 bits per heavy atom. The van der Waals surface area contributed by atoms with E-state index in [1.807, 2.05) is 0 Å². The van der Waals surface area contributed by atoms with Gasteiger partial charge in [0.2, 0.25) is 0 Å². The average Bonchev–Trinajstić information content (AvgIpc) is 3.38. The Morgan fingerprint density at radius 2 is 1.71 bits per heavy atom. The number of benzene rings is 2. The summed E-state index contributed by atoms with van der Waals surface area (Å²) in [5.41, 5.74) is 4.47. The Kier molecular flexibility index (Phi) is 3.74. The van der Waals surface area contributed by atoms with E-state index in [2.05, 4.69) is 71.7 Å². The highest BCUT2D eigenvalue weighted by Crippen LogP contribution is 2.43. The second kappa shape index (κ2) is 5.86. The molecule has 2 unspecified atom stereocenters. The van der Waals surface area contributed by atoms with Crippen LogP contribution in [0.3, 0.4) is 0 Å². The highest BCUT2D eigenvalue weighted by Gasteiger charge is 2.34. The fourth-order valence-electron chi connectivity index (χ4n) is 3.33. The van der Waals surface area contributed by atoms with Crippen molar-refractivity contribution in [1.29, 1.82) is 0 Å². The van der Waals surface area contributed by atoms with E-state index < -0.39 is 0 Å². The molecule has 1 heterocycles. The lowest BCUT2D eigenvalue weighted by molar-refractivity contribution is 0.428. The molecule has 1 N–H and O–H groups in total. The molecule has 0 spiro atoms. The van der Waals surface area contributed by atoms with Gasteiger partial charge in [-0.15, -0.1) is 0 Å². The zero-order valence-corrected chi connectivity index (χ0v) is 13.0. The number of nitrogens with one attached hydrogen (secondary N) is 1. The van der Waals surface area contributed by atoms with Crippen molar-refractivity contribution in [2.75, 3.05) is 5.75 Å².